The van der Waals surface area contributed by atoms with Gasteiger partial charge in [0.05, 0.1) is 23.2 Å². The number of amides is 1. The van der Waals surface area contributed by atoms with Crippen LogP contribution in [0.3, 0.4) is 0 Å². The largest absolute Gasteiger partial charge is 0.507 e. The van der Waals surface area contributed by atoms with Gasteiger partial charge in [0.2, 0.25) is 5.91 Å². The number of nitrogens with two attached hydrogens (primary N) is 1. The van der Waals surface area contributed by atoms with Crippen LogP contribution >= 0.6 is 0 Å². The Morgan fingerprint density at radius 1 is 1.12 bits per heavy atom. The van der Waals surface area contributed by atoms with E-state index in [4.69, 9.17) is 5.73 Å². The lowest BCUT2D eigenvalue weighted by atomic mass is 9.49. The first kappa shape index (κ1) is 22.5. The van der Waals surface area contributed by atoms with Gasteiger partial charge in [0.25, 0.3) is 0 Å². The summed E-state index contributed by atoms with van der Waals surface area (Å²) in [5.41, 5.74) is 0.702. The zero-order valence-corrected chi connectivity index (χ0v) is 17.8. The molecule has 8 atom stereocenters. The summed E-state index contributed by atoms with van der Waals surface area (Å²) in [5, 5.41) is 44.0. The topological polar surface area (TPSA) is 178 Å². The van der Waals surface area contributed by atoms with E-state index in [1.165, 1.54) is 30.0 Å². The number of aliphatic hydroxyl groups is 3. The molecule has 3 aliphatic carbocycles. The quantitative estimate of drug-likeness (QED) is 0.332. The van der Waals surface area contributed by atoms with Gasteiger partial charge in [-0.3, -0.25) is 19.2 Å². The molecule has 0 aromatic heterocycles. The third-order valence-electron chi connectivity index (χ3n) is 7.61. The zero-order valence-electron chi connectivity index (χ0n) is 17.8. The number of primary amides is 1. The highest BCUT2D eigenvalue weighted by Crippen LogP contribution is 2.56. The minimum atomic E-state index is -2.76. The average molecular weight is 446 g/mol. The van der Waals surface area contributed by atoms with Crippen molar-refractivity contribution in [2.45, 2.75) is 36.7 Å². The molecule has 0 aliphatic heterocycles. The van der Waals surface area contributed by atoms with Crippen LogP contribution in [0.2, 0.25) is 0 Å². The number of phenols is 1. The van der Waals surface area contributed by atoms with Gasteiger partial charge in [-0.25, -0.2) is 0 Å². The Bertz CT molecular complexity index is 1050. The van der Waals surface area contributed by atoms with Crippen LogP contribution in [0.5, 0.6) is 5.75 Å². The highest BCUT2D eigenvalue weighted by Gasteiger charge is 2.71. The number of benzene rings is 1. The van der Waals surface area contributed by atoms with Gasteiger partial charge in [-0.1, -0.05) is 12.1 Å². The predicted molar refractivity (Wildman–Crippen MR) is 108 cm³/mol. The van der Waals surface area contributed by atoms with Crippen molar-refractivity contribution in [2.75, 3.05) is 14.1 Å². The molecule has 4 rings (SSSR count). The van der Waals surface area contributed by atoms with E-state index >= 15 is 0 Å². The molecule has 10 heteroatoms. The molecule has 1 amide bonds. The van der Waals surface area contributed by atoms with Gasteiger partial charge in [-0.2, -0.15) is 0 Å². The molecule has 0 spiro atoms. The van der Waals surface area contributed by atoms with E-state index in [1.807, 2.05) is 0 Å². The Labute approximate surface area is 183 Å². The molecule has 172 valence electrons. The maximum Gasteiger partial charge on any atom is 0.230 e. The molecule has 8 unspecified atom stereocenters. The molecule has 2 fully saturated rings. The van der Waals surface area contributed by atoms with Gasteiger partial charge in [0.1, 0.15) is 11.7 Å². The molecular weight excluding hydrogens is 420 g/mol. The fourth-order valence-electron chi connectivity index (χ4n) is 6.10. The van der Waals surface area contributed by atoms with Crippen molar-refractivity contribution in [1.29, 1.82) is 0 Å². The van der Waals surface area contributed by atoms with Crippen molar-refractivity contribution >= 4 is 23.3 Å². The van der Waals surface area contributed by atoms with Crippen molar-refractivity contribution in [3.05, 3.63) is 29.3 Å². The molecule has 6 N–H and O–H groups in total. The summed E-state index contributed by atoms with van der Waals surface area (Å²) < 4.78 is 0. The van der Waals surface area contributed by atoms with Crippen LogP contribution in [0.15, 0.2) is 18.2 Å². The second kappa shape index (κ2) is 6.92. The normalized spacial score (nSPS) is 41.2. The van der Waals surface area contributed by atoms with Crippen molar-refractivity contribution in [3.8, 4) is 5.75 Å². The van der Waals surface area contributed by atoms with Crippen LogP contribution in [0, 0.1) is 23.7 Å². The third kappa shape index (κ3) is 2.60. The van der Waals surface area contributed by atoms with E-state index < -0.39 is 76.0 Å². The summed E-state index contributed by atoms with van der Waals surface area (Å²) in [4.78, 5) is 53.6. The standard InChI is InChI=1S/C22H26N2O8/c1-21(31)8-5-4-6-11(25)12(8)16(26)13-9(21)7-10-15(24(2)3)17(27)14(20(23)30)19(29)22(10,32)18(13)28/h4-6,9-10,13-15,17,25,27,31-32H,7H2,1-3H3,(H2,23,30). The maximum absolute atomic E-state index is 13.7. The van der Waals surface area contributed by atoms with Gasteiger partial charge < -0.3 is 31.1 Å². The van der Waals surface area contributed by atoms with Gasteiger partial charge in [-0.05, 0) is 39.1 Å². The Hall–Kier alpha value is -2.66. The number of likely N-dealkylation sites (N-methyl/N-ethyl adjacent to an activating group) is 1. The number of ketones is 3. The smallest absolute Gasteiger partial charge is 0.230 e. The fourth-order valence-corrected chi connectivity index (χ4v) is 6.10. The Kier molecular flexibility index (Phi) is 4.87. The minimum absolute atomic E-state index is 0.140. The molecule has 1 aromatic carbocycles. The minimum Gasteiger partial charge on any atom is -0.507 e. The zero-order chi connectivity index (χ0) is 23.9. The highest BCUT2D eigenvalue weighted by molar-refractivity contribution is 6.25. The van der Waals surface area contributed by atoms with Crippen LogP contribution in [0.4, 0.5) is 0 Å². The summed E-state index contributed by atoms with van der Waals surface area (Å²) in [7, 11) is 3.10. The number of aliphatic hydroxyl groups excluding tert-OH is 1. The number of carbonyl (C=O) groups excluding carboxylic acids is 4. The molecule has 0 radical (unpaired) electrons. The lowest BCUT2D eigenvalue weighted by Crippen LogP contribution is -2.76. The summed E-state index contributed by atoms with van der Waals surface area (Å²) in [6.45, 7) is 1.41. The third-order valence-corrected chi connectivity index (χ3v) is 7.61. The van der Waals surface area contributed by atoms with Crippen LogP contribution in [-0.2, 0) is 20.0 Å². The number of aromatic hydroxyl groups is 1. The molecule has 0 saturated heterocycles. The van der Waals surface area contributed by atoms with Crippen LogP contribution in [0.25, 0.3) is 0 Å². The van der Waals surface area contributed by atoms with Gasteiger partial charge in [-0.15, -0.1) is 0 Å². The number of hydrogen-bond acceptors (Lipinski definition) is 9. The summed E-state index contributed by atoms with van der Waals surface area (Å²) in [6.07, 6.45) is -1.76. The van der Waals surface area contributed by atoms with E-state index in [2.05, 4.69) is 0 Å². The van der Waals surface area contributed by atoms with Crippen molar-refractivity contribution < 1.29 is 39.6 Å². The molecule has 0 bridgehead atoms. The Morgan fingerprint density at radius 3 is 2.31 bits per heavy atom. The average Bonchev–Trinajstić information content (AvgIpc) is 2.68. The van der Waals surface area contributed by atoms with E-state index in [-0.39, 0.29) is 17.5 Å². The number of nitrogens with zero attached hydrogens (tertiary/aromatic N) is 1. The number of Topliss-reactive ketones (excluding diaryl/α,β-unsaturated/α-hetero) is 3. The number of carbonyl (C=O) groups is 4. The van der Waals surface area contributed by atoms with Crippen molar-refractivity contribution in [3.63, 3.8) is 0 Å². The lowest BCUT2D eigenvalue weighted by Gasteiger charge is -2.57. The van der Waals surface area contributed by atoms with Crippen LogP contribution in [0.1, 0.15) is 29.3 Å². The summed E-state index contributed by atoms with van der Waals surface area (Å²) >= 11 is 0. The number of fused-ring (bicyclic) bond motifs is 3. The molecule has 3 aliphatic rings. The lowest BCUT2D eigenvalue weighted by molar-refractivity contribution is -0.197. The molecule has 10 nitrogen and oxygen atoms in total. The summed E-state index contributed by atoms with van der Waals surface area (Å²) in [6, 6.07) is 3.15. The molecule has 2 saturated carbocycles. The monoisotopic (exact) mass is 446 g/mol. The predicted octanol–water partition coefficient (Wildman–Crippen LogP) is -1.68. The molecule has 1 aromatic rings. The van der Waals surface area contributed by atoms with E-state index in [0.29, 0.717) is 0 Å². The SMILES string of the molecule is CN(C)C1C(O)C(C(N)=O)C(=O)C2(O)C(=O)C3C(=O)c4c(O)cccc4C(C)(O)C3CC12. The second-order valence-electron chi connectivity index (χ2n) is 9.46. The first-order valence-electron chi connectivity index (χ1n) is 10.3. The number of hydrogen-bond donors (Lipinski definition) is 5. The highest BCUT2D eigenvalue weighted by atomic mass is 16.3. The molecule has 0 heterocycles. The van der Waals surface area contributed by atoms with E-state index in [0.717, 1.165) is 0 Å². The van der Waals surface area contributed by atoms with Gasteiger partial charge >= 0.3 is 0 Å². The molecular formula is C22H26N2O8. The van der Waals surface area contributed by atoms with E-state index in [1.54, 1.807) is 14.1 Å². The van der Waals surface area contributed by atoms with Gasteiger partial charge in [0.15, 0.2) is 23.0 Å². The summed E-state index contributed by atoms with van der Waals surface area (Å²) in [5.74, 6) is -10.6. The van der Waals surface area contributed by atoms with Crippen LogP contribution < -0.4 is 5.73 Å². The number of rotatable bonds is 2. The van der Waals surface area contributed by atoms with Crippen molar-refractivity contribution in [1.82, 2.24) is 4.90 Å². The van der Waals surface area contributed by atoms with Gasteiger partial charge in [0, 0.05) is 17.9 Å². The first-order chi connectivity index (χ1) is 14.8. The first-order valence-corrected chi connectivity index (χ1v) is 10.3. The van der Waals surface area contributed by atoms with E-state index in [9.17, 15) is 39.6 Å². The fraction of sp³-hybridized carbons (Fsp3) is 0.545. The molecule has 32 heavy (non-hydrogen) atoms. The van der Waals surface area contributed by atoms with Crippen molar-refractivity contribution in [2.24, 2.45) is 29.4 Å². The maximum atomic E-state index is 13.7. The number of phenolic OH excluding ortho intramolecular Hbond substituents is 1. The second-order valence-corrected chi connectivity index (χ2v) is 9.46. The Morgan fingerprint density at radius 2 is 1.75 bits per heavy atom. The van der Waals surface area contributed by atoms with Crippen LogP contribution in [-0.4, -0.2) is 80.4 Å². The Balaban J connectivity index is 1.94.